The van der Waals surface area contributed by atoms with Crippen molar-refractivity contribution in [3.05, 3.63) is 64.0 Å². The Morgan fingerprint density at radius 2 is 2.00 bits per heavy atom. The Kier molecular flexibility index (Phi) is 3.98. The van der Waals surface area contributed by atoms with E-state index in [0.717, 1.165) is 11.6 Å². The number of nitrogens with zero attached hydrogens (tertiary/aromatic N) is 1. The Bertz CT molecular complexity index is 917. The Hall–Kier alpha value is -2.52. The molecule has 0 radical (unpaired) electrons. The predicted octanol–water partition coefficient (Wildman–Crippen LogP) is 2.35. The first-order valence-corrected chi connectivity index (χ1v) is 8.63. The molecule has 1 fully saturated rings. The van der Waals surface area contributed by atoms with E-state index in [-0.39, 0.29) is 34.0 Å². The van der Waals surface area contributed by atoms with E-state index in [4.69, 9.17) is 5.14 Å². The molecule has 3 N–H and O–H groups in total. The van der Waals surface area contributed by atoms with Crippen molar-refractivity contribution in [1.82, 2.24) is 0 Å². The predicted molar refractivity (Wildman–Crippen MR) is 85.6 cm³/mol. The van der Waals surface area contributed by atoms with Crippen molar-refractivity contribution in [2.45, 2.75) is 23.3 Å². The van der Waals surface area contributed by atoms with E-state index in [1.165, 1.54) is 24.3 Å². The lowest BCUT2D eigenvalue weighted by Gasteiger charge is -2.08. The average Bonchev–Trinajstić information content (AvgIpc) is 3.25. The van der Waals surface area contributed by atoms with Crippen LogP contribution in [0.5, 0.6) is 0 Å². The number of nitro groups is 1. The first-order valence-electron chi connectivity index (χ1n) is 7.09. The molecule has 2 atom stereocenters. The molecule has 2 aromatic carbocycles. The minimum atomic E-state index is -4.02. The molecule has 0 unspecified atom stereocenters. The molecule has 0 bridgehead atoms. The number of hydrogen-bond acceptors (Lipinski definition) is 5. The number of nitrogens with one attached hydrogen (secondary N) is 1. The molecule has 7 nitrogen and oxygen atoms in total. The topological polar surface area (TPSA) is 115 Å². The molecular formula is C15H14FN3O4S. The van der Waals surface area contributed by atoms with Crippen LogP contribution < -0.4 is 10.5 Å². The van der Waals surface area contributed by atoms with E-state index in [9.17, 15) is 22.9 Å². The summed E-state index contributed by atoms with van der Waals surface area (Å²) in [7, 11) is -4.02. The minimum Gasteiger partial charge on any atom is -0.376 e. The van der Waals surface area contributed by atoms with Gasteiger partial charge < -0.3 is 5.32 Å². The molecule has 0 aromatic heterocycles. The van der Waals surface area contributed by atoms with Gasteiger partial charge >= 0.3 is 0 Å². The van der Waals surface area contributed by atoms with Gasteiger partial charge in [-0.3, -0.25) is 10.1 Å². The fourth-order valence-corrected chi connectivity index (χ4v) is 3.16. The fraction of sp³-hybridized carbons (Fsp3) is 0.200. The van der Waals surface area contributed by atoms with Crippen molar-refractivity contribution in [2.75, 3.05) is 5.32 Å². The van der Waals surface area contributed by atoms with Crippen LogP contribution >= 0.6 is 0 Å². The highest BCUT2D eigenvalue weighted by Crippen LogP contribution is 2.44. The van der Waals surface area contributed by atoms with Crippen molar-refractivity contribution in [2.24, 2.45) is 5.14 Å². The molecule has 0 heterocycles. The van der Waals surface area contributed by atoms with Gasteiger partial charge in [-0.05, 0) is 36.2 Å². The van der Waals surface area contributed by atoms with E-state index in [1.807, 2.05) is 0 Å². The van der Waals surface area contributed by atoms with Gasteiger partial charge in [0.15, 0.2) is 0 Å². The normalized spacial score (nSPS) is 19.8. The summed E-state index contributed by atoms with van der Waals surface area (Å²) in [5.41, 5.74) is 0.652. The van der Waals surface area contributed by atoms with Gasteiger partial charge in [0.05, 0.1) is 9.82 Å². The highest BCUT2D eigenvalue weighted by molar-refractivity contribution is 7.89. The Labute approximate surface area is 137 Å². The molecule has 0 aliphatic heterocycles. The van der Waals surface area contributed by atoms with Crippen molar-refractivity contribution in [1.29, 1.82) is 0 Å². The summed E-state index contributed by atoms with van der Waals surface area (Å²) in [6, 6.07) is 9.58. The van der Waals surface area contributed by atoms with Crippen molar-refractivity contribution < 1.29 is 17.7 Å². The van der Waals surface area contributed by atoms with Gasteiger partial charge in [0.25, 0.3) is 5.69 Å². The van der Waals surface area contributed by atoms with Gasteiger partial charge in [-0.1, -0.05) is 12.1 Å². The second kappa shape index (κ2) is 5.84. The number of anilines is 1. The van der Waals surface area contributed by atoms with Crippen LogP contribution in [0.3, 0.4) is 0 Å². The number of rotatable bonds is 5. The molecule has 3 rings (SSSR count). The summed E-state index contributed by atoms with van der Waals surface area (Å²) in [5, 5.41) is 19.2. The highest BCUT2D eigenvalue weighted by atomic mass is 32.2. The van der Waals surface area contributed by atoms with Crippen LogP contribution in [0.4, 0.5) is 15.8 Å². The molecule has 1 aliphatic rings. The largest absolute Gasteiger partial charge is 0.376 e. The van der Waals surface area contributed by atoms with Gasteiger partial charge in [-0.2, -0.15) is 0 Å². The van der Waals surface area contributed by atoms with E-state index in [0.29, 0.717) is 6.42 Å². The summed E-state index contributed by atoms with van der Waals surface area (Å²) in [4.78, 5) is 10.2. The Balaban J connectivity index is 1.82. The third-order valence-electron chi connectivity index (χ3n) is 3.90. The van der Waals surface area contributed by atoms with Gasteiger partial charge in [0, 0.05) is 18.0 Å². The SMILES string of the molecule is NS(=O)(=O)c1ccc(N[C@@H]2C[C@H]2c2cccc(F)c2)c([N+](=O)[O-])c1. The zero-order valence-electron chi connectivity index (χ0n) is 12.3. The van der Waals surface area contributed by atoms with Crippen LogP contribution in [0.1, 0.15) is 17.9 Å². The first-order chi connectivity index (χ1) is 11.3. The number of benzene rings is 2. The van der Waals surface area contributed by atoms with Crippen molar-refractivity contribution in [3.63, 3.8) is 0 Å². The molecule has 126 valence electrons. The number of halogens is 1. The maximum Gasteiger partial charge on any atom is 0.293 e. The molecule has 0 amide bonds. The third kappa shape index (κ3) is 3.36. The summed E-state index contributed by atoms with van der Waals surface area (Å²) in [6.45, 7) is 0. The number of nitro benzene ring substituents is 1. The number of hydrogen-bond donors (Lipinski definition) is 2. The van der Waals surface area contributed by atoms with Crippen molar-refractivity contribution >= 4 is 21.4 Å². The number of sulfonamides is 1. The van der Waals surface area contributed by atoms with Crippen LogP contribution in [-0.4, -0.2) is 19.4 Å². The maximum absolute atomic E-state index is 13.3. The van der Waals surface area contributed by atoms with Gasteiger partial charge in [0.1, 0.15) is 11.5 Å². The molecule has 0 saturated heterocycles. The lowest BCUT2D eigenvalue weighted by molar-refractivity contribution is -0.384. The molecule has 0 spiro atoms. The lowest BCUT2D eigenvalue weighted by atomic mass is 10.1. The fourth-order valence-electron chi connectivity index (χ4n) is 2.62. The molecule has 9 heteroatoms. The Morgan fingerprint density at radius 1 is 1.25 bits per heavy atom. The van der Waals surface area contributed by atoms with E-state index in [2.05, 4.69) is 5.32 Å². The van der Waals surface area contributed by atoms with E-state index < -0.39 is 14.9 Å². The quantitative estimate of drug-likeness (QED) is 0.634. The molecule has 24 heavy (non-hydrogen) atoms. The monoisotopic (exact) mass is 351 g/mol. The summed E-state index contributed by atoms with van der Waals surface area (Å²) >= 11 is 0. The minimum absolute atomic E-state index is 0.0539. The molecule has 1 saturated carbocycles. The Morgan fingerprint density at radius 3 is 2.62 bits per heavy atom. The summed E-state index contributed by atoms with van der Waals surface area (Å²) in [5.74, 6) is -0.278. The van der Waals surface area contributed by atoms with E-state index in [1.54, 1.807) is 12.1 Å². The second-order valence-corrected chi connectivity index (χ2v) is 7.19. The smallest absolute Gasteiger partial charge is 0.293 e. The lowest BCUT2D eigenvalue weighted by Crippen LogP contribution is -2.13. The number of primary sulfonamides is 1. The maximum atomic E-state index is 13.3. The third-order valence-corrected chi connectivity index (χ3v) is 4.81. The first kappa shape index (κ1) is 16.3. The van der Waals surface area contributed by atoms with Crippen LogP contribution in [0, 0.1) is 15.9 Å². The van der Waals surface area contributed by atoms with Crippen LogP contribution in [0.15, 0.2) is 47.4 Å². The zero-order chi connectivity index (χ0) is 17.5. The number of nitrogens with two attached hydrogens (primary N) is 1. The molecule has 2 aromatic rings. The summed E-state index contributed by atoms with van der Waals surface area (Å²) in [6.07, 6.45) is 0.706. The van der Waals surface area contributed by atoms with Gasteiger partial charge in [-0.15, -0.1) is 0 Å². The van der Waals surface area contributed by atoms with Crippen LogP contribution in [0.2, 0.25) is 0 Å². The standard InChI is InChI=1S/C15H14FN3O4S/c16-10-3-1-2-9(6-10)12-8-14(12)18-13-5-4-11(24(17,22)23)7-15(13)19(20)21/h1-7,12,14,18H,8H2,(H2,17,22,23)/t12-,14+/m0/s1. The highest BCUT2D eigenvalue weighted by Gasteiger charge is 2.39. The second-order valence-electron chi connectivity index (χ2n) is 5.63. The van der Waals surface area contributed by atoms with Gasteiger partial charge in [0.2, 0.25) is 10.0 Å². The van der Waals surface area contributed by atoms with Crippen LogP contribution in [0.25, 0.3) is 0 Å². The van der Waals surface area contributed by atoms with Crippen LogP contribution in [-0.2, 0) is 10.0 Å². The summed E-state index contributed by atoms with van der Waals surface area (Å²) < 4.78 is 35.9. The van der Waals surface area contributed by atoms with E-state index >= 15 is 0 Å². The molecule has 1 aliphatic carbocycles. The van der Waals surface area contributed by atoms with Crippen molar-refractivity contribution in [3.8, 4) is 0 Å². The zero-order valence-corrected chi connectivity index (χ0v) is 13.2. The molecular weight excluding hydrogens is 337 g/mol. The average molecular weight is 351 g/mol. The van der Waals surface area contributed by atoms with Gasteiger partial charge in [-0.25, -0.2) is 17.9 Å².